The Morgan fingerprint density at radius 1 is 1.31 bits per heavy atom. The smallest absolute Gasteiger partial charge is 0.270 e. The largest absolute Gasteiger partial charge is 0.389 e. The second-order valence-corrected chi connectivity index (χ2v) is 6.39. The van der Waals surface area contributed by atoms with Crippen molar-refractivity contribution in [2.75, 3.05) is 13.1 Å². The van der Waals surface area contributed by atoms with E-state index in [2.05, 4.69) is 15.3 Å². The Hall–Kier alpha value is -2.74. The van der Waals surface area contributed by atoms with Crippen molar-refractivity contribution in [2.24, 2.45) is 0 Å². The van der Waals surface area contributed by atoms with Gasteiger partial charge in [-0.05, 0) is 25.0 Å². The SMILES string of the molecule is O=C(N[C@@H]1CCN(C(=O)CCCn2ccnc2)C[C@H]1O)c1ccccn1. The van der Waals surface area contributed by atoms with Crippen molar-refractivity contribution in [3.05, 3.63) is 48.8 Å². The lowest BCUT2D eigenvalue weighted by Crippen LogP contribution is -2.55. The standard InChI is InChI=1S/C18H23N5O3/c24-16-12-23(17(25)5-3-9-22-11-8-19-13-22)10-6-14(16)21-18(26)15-4-1-2-7-20-15/h1-2,4,7-8,11,13-14,16,24H,3,5-6,9-10,12H2,(H,21,26)/t14-,16-/m1/s1. The molecule has 0 aliphatic carbocycles. The van der Waals surface area contributed by atoms with E-state index in [1.807, 2.05) is 10.8 Å². The van der Waals surface area contributed by atoms with Crippen molar-refractivity contribution in [3.63, 3.8) is 0 Å². The highest BCUT2D eigenvalue weighted by atomic mass is 16.3. The van der Waals surface area contributed by atoms with E-state index in [1.165, 1.54) is 0 Å². The van der Waals surface area contributed by atoms with Crippen molar-refractivity contribution in [1.82, 2.24) is 24.8 Å². The van der Waals surface area contributed by atoms with Crippen LogP contribution in [-0.2, 0) is 11.3 Å². The van der Waals surface area contributed by atoms with E-state index in [-0.39, 0.29) is 24.4 Å². The molecule has 2 amide bonds. The number of nitrogens with one attached hydrogen (secondary N) is 1. The number of aromatic nitrogens is 3. The highest BCUT2D eigenvalue weighted by Gasteiger charge is 2.31. The van der Waals surface area contributed by atoms with Crippen molar-refractivity contribution in [2.45, 2.75) is 38.0 Å². The first-order valence-corrected chi connectivity index (χ1v) is 8.77. The summed E-state index contributed by atoms with van der Waals surface area (Å²) in [7, 11) is 0. The molecule has 1 saturated heterocycles. The van der Waals surface area contributed by atoms with E-state index in [1.54, 1.807) is 41.8 Å². The molecule has 2 atom stereocenters. The lowest BCUT2D eigenvalue weighted by Gasteiger charge is -2.36. The average Bonchev–Trinajstić information content (AvgIpc) is 3.17. The zero-order valence-electron chi connectivity index (χ0n) is 14.5. The number of hydrogen-bond donors (Lipinski definition) is 2. The van der Waals surface area contributed by atoms with Crippen LogP contribution in [0.25, 0.3) is 0 Å². The van der Waals surface area contributed by atoms with Gasteiger partial charge < -0.3 is 19.9 Å². The molecule has 8 heteroatoms. The summed E-state index contributed by atoms with van der Waals surface area (Å²) >= 11 is 0. The van der Waals surface area contributed by atoms with Crippen LogP contribution in [0.5, 0.6) is 0 Å². The molecule has 138 valence electrons. The molecule has 8 nitrogen and oxygen atoms in total. The third-order valence-electron chi connectivity index (χ3n) is 4.51. The molecule has 1 aliphatic rings. The van der Waals surface area contributed by atoms with Gasteiger partial charge in [-0.15, -0.1) is 0 Å². The number of likely N-dealkylation sites (tertiary alicyclic amines) is 1. The molecule has 0 saturated carbocycles. The Balaban J connectivity index is 1.44. The van der Waals surface area contributed by atoms with Gasteiger partial charge in [-0.1, -0.05) is 6.07 Å². The summed E-state index contributed by atoms with van der Waals surface area (Å²) < 4.78 is 1.93. The molecule has 1 aliphatic heterocycles. The number of aryl methyl sites for hydroxylation is 1. The van der Waals surface area contributed by atoms with E-state index >= 15 is 0 Å². The lowest BCUT2D eigenvalue weighted by molar-refractivity contribution is -0.134. The Labute approximate surface area is 151 Å². The fraction of sp³-hybridized carbons (Fsp3) is 0.444. The molecule has 0 bridgehead atoms. The predicted octanol–water partition coefficient (Wildman–Crippen LogP) is 0.450. The maximum atomic E-state index is 12.3. The number of carbonyl (C=O) groups excluding carboxylic acids is 2. The number of carbonyl (C=O) groups is 2. The summed E-state index contributed by atoms with van der Waals surface area (Å²) in [4.78, 5) is 34.1. The Morgan fingerprint density at radius 2 is 2.19 bits per heavy atom. The number of β-amino-alcohol motifs (C(OH)–C–C–N with tert-alkyl or cyclic N) is 1. The van der Waals surface area contributed by atoms with Gasteiger partial charge in [-0.2, -0.15) is 0 Å². The van der Waals surface area contributed by atoms with Gasteiger partial charge in [0.25, 0.3) is 5.91 Å². The molecule has 0 unspecified atom stereocenters. The number of nitrogens with zero attached hydrogens (tertiary/aromatic N) is 4. The second-order valence-electron chi connectivity index (χ2n) is 6.39. The summed E-state index contributed by atoms with van der Waals surface area (Å²) in [6, 6.07) is 4.73. The van der Waals surface area contributed by atoms with Crippen molar-refractivity contribution < 1.29 is 14.7 Å². The minimum absolute atomic E-state index is 0.0265. The normalized spacial score (nSPS) is 20.0. The third kappa shape index (κ3) is 4.66. The molecule has 2 aromatic heterocycles. The maximum Gasteiger partial charge on any atom is 0.270 e. The van der Waals surface area contributed by atoms with E-state index in [9.17, 15) is 14.7 Å². The van der Waals surface area contributed by atoms with Gasteiger partial charge in [0.1, 0.15) is 5.69 Å². The number of piperidine rings is 1. The average molecular weight is 357 g/mol. The first kappa shape index (κ1) is 18.1. The number of amides is 2. The van der Waals surface area contributed by atoms with E-state index in [0.717, 1.165) is 13.0 Å². The van der Waals surface area contributed by atoms with Gasteiger partial charge in [-0.25, -0.2) is 4.98 Å². The highest BCUT2D eigenvalue weighted by molar-refractivity contribution is 5.92. The summed E-state index contributed by atoms with van der Waals surface area (Å²) in [5.41, 5.74) is 0.317. The molecule has 0 spiro atoms. The van der Waals surface area contributed by atoms with E-state index in [4.69, 9.17) is 0 Å². The van der Waals surface area contributed by atoms with Gasteiger partial charge in [0.15, 0.2) is 0 Å². The van der Waals surface area contributed by atoms with E-state index < -0.39 is 6.10 Å². The van der Waals surface area contributed by atoms with Gasteiger partial charge >= 0.3 is 0 Å². The second kappa shape index (κ2) is 8.57. The number of imidazole rings is 1. The molecule has 2 N–H and O–H groups in total. The zero-order chi connectivity index (χ0) is 18.4. The van der Waals surface area contributed by atoms with E-state index in [0.29, 0.717) is 25.1 Å². The Kier molecular flexibility index (Phi) is 5.96. The minimum atomic E-state index is -0.783. The quantitative estimate of drug-likeness (QED) is 0.782. The van der Waals surface area contributed by atoms with Crippen LogP contribution < -0.4 is 5.32 Å². The summed E-state index contributed by atoms with van der Waals surface area (Å²) in [5, 5.41) is 13.1. The van der Waals surface area contributed by atoms with Crippen LogP contribution in [0.2, 0.25) is 0 Å². The summed E-state index contributed by atoms with van der Waals surface area (Å²) in [6.07, 6.45) is 7.74. The van der Waals surface area contributed by atoms with Crippen LogP contribution in [0.1, 0.15) is 29.8 Å². The molecular weight excluding hydrogens is 334 g/mol. The van der Waals surface area contributed by atoms with Gasteiger partial charge in [0.2, 0.25) is 5.91 Å². The fourth-order valence-electron chi connectivity index (χ4n) is 3.06. The predicted molar refractivity (Wildman–Crippen MR) is 94.2 cm³/mol. The van der Waals surface area contributed by atoms with Gasteiger partial charge in [0, 0.05) is 44.6 Å². The molecular formula is C18H23N5O3. The number of aliphatic hydroxyl groups is 1. The van der Waals surface area contributed by atoms with Crippen molar-refractivity contribution >= 4 is 11.8 Å². The molecule has 0 radical (unpaired) electrons. The fourth-order valence-corrected chi connectivity index (χ4v) is 3.06. The van der Waals surface area contributed by atoms with Crippen LogP contribution in [0.15, 0.2) is 43.1 Å². The molecule has 1 fully saturated rings. The van der Waals surface area contributed by atoms with Crippen LogP contribution >= 0.6 is 0 Å². The van der Waals surface area contributed by atoms with Gasteiger partial charge in [0.05, 0.1) is 18.5 Å². The minimum Gasteiger partial charge on any atom is -0.389 e. The maximum absolute atomic E-state index is 12.3. The number of rotatable bonds is 6. The summed E-state index contributed by atoms with van der Waals surface area (Å²) in [6.45, 7) is 1.50. The number of pyridine rings is 1. The lowest BCUT2D eigenvalue weighted by atomic mass is 10.0. The zero-order valence-corrected chi connectivity index (χ0v) is 14.5. The van der Waals surface area contributed by atoms with Gasteiger partial charge in [-0.3, -0.25) is 14.6 Å². The third-order valence-corrected chi connectivity index (χ3v) is 4.51. The monoisotopic (exact) mass is 357 g/mol. The first-order valence-electron chi connectivity index (χ1n) is 8.77. The molecule has 26 heavy (non-hydrogen) atoms. The van der Waals surface area contributed by atoms with Crippen LogP contribution in [0.4, 0.5) is 0 Å². The number of aliphatic hydroxyl groups excluding tert-OH is 1. The van der Waals surface area contributed by atoms with Crippen LogP contribution in [0, 0.1) is 0 Å². The van der Waals surface area contributed by atoms with Crippen molar-refractivity contribution in [3.8, 4) is 0 Å². The summed E-state index contributed by atoms with van der Waals surface area (Å²) in [5.74, 6) is -0.284. The highest BCUT2D eigenvalue weighted by Crippen LogP contribution is 2.14. The Morgan fingerprint density at radius 3 is 2.88 bits per heavy atom. The Bertz CT molecular complexity index is 720. The molecule has 2 aromatic rings. The van der Waals surface area contributed by atoms with Crippen LogP contribution in [-0.4, -0.2) is 61.6 Å². The van der Waals surface area contributed by atoms with Crippen molar-refractivity contribution in [1.29, 1.82) is 0 Å². The van der Waals surface area contributed by atoms with Crippen LogP contribution in [0.3, 0.4) is 0 Å². The topological polar surface area (TPSA) is 100 Å². The first-order chi connectivity index (χ1) is 12.6. The molecule has 3 heterocycles. The number of hydrogen-bond acceptors (Lipinski definition) is 5. The molecule has 0 aromatic carbocycles. The molecule has 3 rings (SSSR count).